The molecule has 12 heteroatoms. The highest BCUT2D eigenvalue weighted by Crippen LogP contribution is 2.37. The van der Waals surface area contributed by atoms with Crippen molar-refractivity contribution in [1.29, 1.82) is 0 Å². The lowest BCUT2D eigenvalue weighted by molar-refractivity contribution is -0.124. The van der Waals surface area contributed by atoms with Gasteiger partial charge in [-0.2, -0.15) is 0 Å². The Balaban J connectivity index is 1.12. The average Bonchev–Trinajstić information content (AvgIpc) is 3.41. The molecule has 218 valence electrons. The minimum atomic E-state index is -0.562. The Bertz CT molecular complexity index is 1450. The fraction of sp³-hybridized carbons (Fsp3) is 0.483. The van der Waals surface area contributed by atoms with Crippen LogP contribution >= 0.6 is 22.9 Å². The van der Waals surface area contributed by atoms with Crippen molar-refractivity contribution in [3.8, 4) is 10.6 Å². The summed E-state index contributed by atoms with van der Waals surface area (Å²) in [6.07, 6.45) is 4.53. The number of nitrogens with one attached hydrogen (secondary N) is 3. The topological polar surface area (TPSA) is 126 Å². The van der Waals surface area contributed by atoms with Gasteiger partial charge in [-0.05, 0) is 64.7 Å². The number of benzene rings is 1. The maximum absolute atomic E-state index is 12.7. The molecule has 1 saturated heterocycles. The summed E-state index contributed by atoms with van der Waals surface area (Å²) in [5.41, 5.74) is 0.689. The lowest BCUT2D eigenvalue weighted by Gasteiger charge is -2.24. The van der Waals surface area contributed by atoms with Gasteiger partial charge in [-0.15, -0.1) is 11.3 Å². The maximum Gasteiger partial charge on any atom is 0.410 e. The summed E-state index contributed by atoms with van der Waals surface area (Å²) >= 11 is 8.00. The van der Waals surface area contributed by atoms with E-state index in [-0.39, 0.29) is 29.9 Å². The van der Waals surface area contributed by atoms with Gasteiger partial charge in [-0.25, -0.2) is 14.8 Å². The first-order valence-corrected chi connectivity index (χ1v) is 15.1. The van der Waals surface area contributed by atoms with Crippen molar-refractivity contribution in [3.63, 3.8) is 0 Å². The Hall–Kier alpha value is -3.44. The summed E-state index contributed by atoms with van der Waals surface area (Å²) in [7, 11) is 0. The molecule has 1 aromatic carbocycles. The Morgan fingerprint density at radius 2 is 1.98 bits per heavy atom. The number of hydrogen-bond acceptors (Lipinski definition) is 8. The van der Waals surface area contributed by atoms with Crippen LogP contribution in [-0.4, -0.2) is 70.6 Å². The van der Waals surface area contributed by atoms with Gasteiger partial charge >= 0.3 is 6.09 Å². The van der Waals surface area contributed by atoms with Gasteiger partial charge in [0.2, 0.25) is 11.9 Å². The van der Waals surface area contributed by atoms with Crippen LogP contribution in [0.15, 0.2) is 30.5 Å². The number of halogens is 1. The quantitative estimate of drug-likeness (QED) is 0.293. The minimum Gasteiger partial charge on any atom is -0.444 e. The molecule has 1 unspecified atom stereocenters. The SMILES string of the molecule is CC(C)(C)OC(=O)N1CCC(C(=O)NCCCNc2ncc(Cl)c(-c3cc4c(C(=O)NC5CC5)cccc4s3)n2)C1. The first-order chi connectivity index (χ1) is 19.6. The average molecular weight is 599 g/mol. The van der Waals surface area contributed by atoms with Crippen molar-refractivity contribution >= 4 is 56.9 Å². The number of carbonyl (C=O) groups is 3. The molecular formula is C29H35ClN6O4S. The van der Waals surface area contributed by atoms with E-state index in [2.05, 4.69) is 25.9 Å². The van der Waals surface area contributed by atoms with Crippen LogP contribution in [0.1, 0.15) is 56.8 Å². The predicted molar refractivity (Wildman–Crippen MR) is 160 cm³/mol. The molecule has 0 radical (unpaired) electrons. The summed E-state index contributed by atoms with van der Waals surface area (Å²) in [5, 5.41) is 10.5. The number of anilines is 1. The van der Waals surface area contributed by atoms with E-state index in [1.807, 2.05) is 45.0 Å². The highest BCUT2D eigenvalue weighted by Gasteiger charge is 2.33. The standard InChI is InChI=1S/C29H35ClN6O4S/c1-29(2,3)40-28(39)36-13-10-17(16-36)25(37)31-11-5-12-32-27-33-15-21(30)24(35-27)23-14-20-19(6-4-7-22(20)41-23)26(38)34-18-8-9-18/h4,6-7,14-15,17-18H,5,8-13,16H2,1-3H3,(H,31,37)(H,34,38)(H,32,33,35). The second kappa shape index (κ2) is 12.2. The van der Waals surface area contributed by atoms with E-state index < -0.39 is 5.60 Å². The highest BCUT2D eigenvalue weighted by molar-refractivity contribution is 7.22. The lowest BCUT2D eigenvalue weighted by Crippen LogP contribution is -2.37. The summed E-state index contributed by atoms with van der Waals surface area (Å²) in [5.74, 6) is 0.0814. The second-order valence-electron chi connectivity index (χ2n) is 11.4. The first-order valence-electron chi connectivity index (χ1n) is 13.9. The van der Waals surface area contributed by atoms with Crippen LogP contribution in [0.2, 0.25) is 5.02 Å². The van der Waals surface area contributed by atoms with E-state index in [0.717, 1.165) is 27.8 Å². The van der Waals surface area contributed by atoms with E-state index in [1.54, 1.807) is 11.1 Å². The minimum absolute atomic E-state index is 0.0565. The number of thiophene rings is 1. The van der Waals surface area contributed by atoms with Crippen LogP contribution in [0.25, 0.3) is 20.7 Å². The smallest absolute Gasteiger partial charge is 0.410 e. The number of nitrogens with zero attached hydrogens (tertiary/aromatic N) is 3. The third-order valence-corrected chi connectivity index (χ3v) is 8.23. The normalized spacial score (nSPS) is 17.0. The lowest BCUT2D eigenvalue weighted by atomic mass is 10.1. The van der Waals surface area contributed by atoms with Crippen molar-refractivity contribution in [2.24, 2.45) is 5.92 Å². The fourth-order valence-electron chi connectivity index (χ4n) is 4.60. The van der Waals surface area contributed by atoms with E-state index in [0.29, 0.717) is 61.2 Å². The van der Waals surface area contributed by atoms with Crippen LogP contribution in [0, 0.1) is 5.92 Å². The number of fused-ring (bicyclic) bond motifs is 1. The molecule has 41 heavy (non-hydrogen) atoms. The molecule has 1 aliphatic heterocycles. The second-order valence-corrected chi connectivity index (χ2v) is 12.9. The van der Waals surface area contributed by atoms with E-state index in [1.165, 1.54) is 11.3 Å². The van der Waals surface area contributed by atoms with Crippen molar-refractivity contribution in [3.05, 3.63) is 41.0 Å². The number of hydrogen-bond donors (Lipinski definition) is 3. The van der Waals surface area contributed by atoms with Crippen molar-refractivity contribution in [1.82, 2.24) is 25.5 Å². The molecule has 1 atom stereocenters. The monoisotopic (exact) mass is 598 g/mol. The molecule has 3 N–H and O–H groups in total. The Morgan fingerprint density at radius 1 is 1.17 bits per heavy atom. The van der Waals surface area contributed by atoms with Gasteiger partial charge in [0.15, 0.2) is 0 Å². The van der Waals surface area contributed by atoms with Crippen LogP contribution in [0.4, 0.5) is 10.7 Å². The summed E-state index contributed by atoms with van der Waals surface area (Å²) in [6, 6.07) is 7.96. The summed E-state index contributed by atoms with van der Waals surface area (Å²) in [4.78, 5) is 49.0. The zero-order valence-corrected chi connectivity index (χ0v) is 25.0. The fourth-order valence-corrected chi connectivity index (χ4v) is 5.94. The van der Waals surface area contributed by atoms with Crippen molar-refractivity contribution in [2.75, 3.05) is 31.5 Å². The molecule has 0 spiro atoms. The highest BCUT2D eigenvalue weighted by atomic mass is 35.5. The molecule has 2 fully saturated rings. The Labute approximate surface area is 248 Å². The van der Waals surface area contributed by atoms with Gasteiger partial charge in [0.25, 0.3) is 5.91 Å². The number of amides is 3. The molecule has 10 nitrogen and oxygen atoms in total. The molecule has 3 heterocycles. The van der Waals surface area contributed by atoms with E-state index in [4.69, 9.17) is 16.3 Å². The van der Waals surface area contributed by atoms with Crippen LogP contribution in [0.5, 0.6) is 0 Å². The molecule has 5 rings (SSSR count). The van der Waals surface area contributed by atoms with E-state index in [9.17, 15) is 14.4 Å². The maximum atomic E-state index is 12.7. The van der Waals surface area contributed by atoms with Crippen molar-refractivity contribution in [2.45, 2.75) is 58.1 Å². The van der Waals surface area contributed by atoms with Gasteiger partial charge in [-0.1, -0.05) is 17.7 Å². The summed E-state index contributed by atoms with van der Waals surface area (Å²) in [6.45, 7) is 7.39. The molecule has 3 aromatic rings. The van der Waals surface area contributed by atoms with Gasteiger partial charge in [-0.3, -0.25) is 9.59 Å². The zero-order chi connectivity index (χ0) is 29.1. The molecule has 1 saturated carbocycles. The molecule has 0 bridgehead atoms. The summed E-state index contributed by atoms with van der Waals surface area (Å²) < 4.78 is 6.39. The number of carbonyl (C=O) groups excluding carboxylic acids is 3. The van der Waals surface area contributed by atoms with Gasteiger partial charge in [0.1, 0.15) is 11.3 Å². The molecule has 3 amide bonds. The van der Waals surface area contributed by atoms with Gasteiger partial charge < -0.3 is 25.6 Å². The molecular weight excluding hydrogens is 564 g/mol. The van der Waals surface area contributed by atoms with Gasteiger partial charge in [0, 0.05) is 47.9 Å². The number of likely N-dealkylation sites (tertiary alicyclic amines) is 1. The van der Waals surface area contributed by atoms with Crippen LogP contribution in [0.3, 0.4) is 0 Å². The first kappa shape index (κ1) is 29.1. The Morgan fingerprint density at radius 3 is 2.73 bits per heavy atom. The third kappa shape index (κ3) is 7.45. The largest absolute Gasteiger partial charge is 0.444 e. The van der Waals surface area contributed by atoms with Crippen LogP contribution in [-0.2, 0) is 9.53 Å². The van der Waals surface area contributed by atoms with Crippen LogP contribution < -0.4 is 16.0 Å². The number of rotatable bonds is 9. The molecule has 2 aromatic heterocycles. The predicted octanol–water partition coefficient (Wildman–Crippen LogP) is 5.08. The number of ether oxygens (including phenoxy) is 1. The van der Waals surface area contributed by atoms with Gasteiger partial charge in [0.05, 0.1) is 22.0 Å². The molecule has 2 aliphatic rings. The Kier molecular flexibility index (Phi) is 8.65. The number of aromatic nitrogens is 2. The molecule has 1 aliphatic carbocycles. The van der Waals surface area contributed by atoms with Crippen molar-refractivity contribution < 1.29 is 19.1 Å². The van der Waals surface area contributed by atoms with E-state index >= 15 is 0 Å². The third-order valence-electron chi connectivity index (χ3n) is 6.84. The zero-order valence-electron chi connectivity index (χ0n) is 23.5.